The van der Waals surface area contributed by atoms with E-state index < -0.39 is 17.7 Å². The molecule has 2 rings (SSSR count). The molecular formula is C14H15F3O. The number of hydrogen-bond donors (Lipinski definition) is 0. The quantitative estimate of drug-likeness (QED) is 0.684. The largest absolute Gasteiger partial charge is 0.416 e. The van der Waals surface area contributed by atoms with Crippen LogP contribution in [0.15, 0.2) is 24.3 Å². The molecule has 1 nitrogen and oxygen atoms in total. The molecule has 1 aromatic carbocycles. The van der Waals surface area contributed by atoms with E-state index in [0.717, 1.165) is 25.3 Å². The number of ketones is 1. The standard InChI is InChI=1S/C14H15F3O/c15-14(16,17)12-8-5-4-6-10(12)11-7-2-1-3-9-13(11)18/h4-6,8,11H,1-3,7,9H2/t11-/m1/s1. The first kappa shape index (κ1) is 13.1. The molecule has 1 atom stereocenters. The molecule has 1 saturated carbocycles. The number of Topliss-reactive ketones (excluding diaryl/α,β-unsaturated/α-hetero) is 1. The van der Waals surface area contributed by atoms with E-state index in [4.69, 9.17) is 0 Å². The molecule has 0 bridgehead atoms. The molecule has 18 heavy (non-hydrogen) atoms. The first-order chi connectivity index (χ1) is 8.50. The van der Waals surface area contributed by atoms with Gasteiger partial charge in [-0.15, -0.1) is 0 Å². The van der Waals surface area contributed by atoms with E-state index in [0.29, 0.717) is 12.8 Å². The molecular weight excluding hydrogens is 241 g/mol. The van der Waals surface area contributed by atoms with Gasteiger partial charge in [-0.25, -0.2) is 0 Å². The summed E-state index contributed by atoms with van der Waals surface area (Å²) in [6, 6.07) is 5.44. The van der Waals surface area contributed by atoms with Gasteiger partial charge in [0.2, 0.25) is 0 Å². The highest BCUT2D eigenvalue weighted by Gasteiger charge is 2.36. The van der Waals surface area contributed by atoms with Crippen LogP contribution in [0.1, 0.15) is 49.1 Å². The Bertz CT molecular complexity index is 437. The van der Waals surface area contributed by atoms with Crippen molar-refractivity contribution in [1.29, 1.82) is 0 Å². The summed E-state index contributed by atoms with van der Waals surface area (Å²) in [5.74, 6) is -0.630. The van der Waals surface area contributed by atoms with E-state index >= 15 is 0 Å². The summed E-state index contributed by atoms with van der Waals surface area (Å²) in [6.45, 7) is 0. The third-order valence-electron chi connectivity index (χ3n) is 3.45. The number of carbonyl (C=O) groups is 1. The highest BCUT2D eigenvalue weighted by molar-refractivity contribution is 5.86. The predicted molar refractivity (Wildman–Crippen MR) is 62.3 cm³/mol. The van der Waals surface area contributed by atoms with Crippen LogP contribution in [0.2, 0.25) is 0 Å². The van der Waals surface area contributed by atoms with Gasteiger partial charge in [0, 0.05) is 12.3 Å². The zero-order chi connectivity index (χ0) is 13.2. The average Bonchev–Trinajstić information content (AvgIpc) is 2.53. The smallest absolute Gasteiger partial charge is 0.299 e. The molecule has 1 aliphatic rings. The Morgan fingerprint density at radius 2 is 1.78 bits per heavy atom. The van der Waals surface area contributed by atoms with Crippen LogP contribution in [0.25, 0.3) is 0 Å². The van der Waals surface area contributed by atoms with Crippen LogP contribution in [0.5, 0.6) is 0 Å². The molecule has 0 aromatic heterocycles. The summed E-state index contributed by atoms with van der Waals surface area (Å²) in [6.07, 6.45) is -0.908. The van der Waals surface area contributed by atoms with Gasteiger partial charge in [-0.05, 0) is 24.5 Å². The van der Waals surface area contributed by atoms with E-state index in [1.807, 2.05) is 0 Å². The van der Waals surface area contributed by atoms with E-state index in [-0.39, 0.29) is 11.3 Å². The minimum absolute atomic E-state index is 0.0517. The fraction of sp³-hybridized carbons (Fsp3) is 0.500. The lowest BCUT2D eigenvalue weighted by atomic mass is 9.87. The maximum atomic E-state index is 12.9. The lowest BCUT2D eigenvalue weighted by Gasteiger charge is -2.19. The van der Waals surface area contributed by atoms with Gasteiger partial charge in [0.05, 0.1) is 5.56 Å². The second-order valence-corrected chi connectivity index (χ2v) is 4.70. The number of carbonyl (C=O) groups excluding carboxylic acids is 1. The minimum atomic E-state index is -4.39. The molecule has 0 saturated heterocycles. The van der Waals surface area contributed by atoms with E-state index in [1.165, 1.54) is 12.1 Å². The molecule has 0 unspecified atom stereocenters. The molecule has 1 fully saturated rings. The van der Waals surface area contributed by atoms with Crippen molar-refractivity contribution in [3.05, 3.63) is 35.4 Å². The van der Waals surface area contributed by atoms with Crippen molar-refractivity contribution in [3.8, 4) is 0 Å². The summed E-state index contributed by atoms with van der Waals surface area (Å²) < 4.78 is 38.8. The third kappa shape index (κ3) is 2.74. The SMILES string of the molecule is O=C1CCCCC[C@@H]1c1ccccc1C(F)(F)F. The van der Waals surface area contributed by atoms with Crippen LogP contribution < -0.4 is 0 Å². The Kier molecular flexibility index (Phi) is 3.73. The Morgan fingerprint density at radius 1 is 1.06 bits per heavy atom. The summed E-state index contributed by atoms with van der Waals surface area (Å²) >= 11 is 0. The molecule has 0 spiro atoms. The summed E-state index contributed by atoms with van der Waals surface area (Å²) in [5, 5.41) is 0. The van der Waals surface area contributed by atoms with Gasteiger partial charge in [-0.3, -0.25) is 4.79 Å². The van der Waals surface area contributed by atoms with Crippen molar-refractivity contribution in [1.82, 2.24) is 0 Å². The van der Waals surface area contributed by atoms with Crippen molar-refractivity contribution in [2.45, 2.75) is 44.2 Å². The highest BCUT2D eigenvalue weighted by atomic mass is 19.4. The van der Waals surface area contributed by atoms with Crippen molar-refractivity contribution < 1.29 is 18.0 Å². The molecule has 1 aliphatic carbocycles. The number of halogens is 3. The molecule has 1 aromatic rings. The van der Waals surface area contributed by atoms with Gasteiger partial charge in [0.1, 0.15) is 5.78 Å². The number of rotatable bonds is 1. The molecule has 4 heteroatoms. The zero-order valence-electron chi connectivity index (χ0n) is 9.96. The monoisotopic (exact) mass is 256 g/mol. The fourth-order valence-electron chi connectivity index (χ4n) is 2.55. The van der Waals surface area contributed by atoms with Crippen molar-refractivity contribution in [3.63, 3.8) is 0 Å². The van der Waals surface area contributed by atoms with Gasteiger partial charge >= 0.3 is 6.18 Å². The Hall–Kier alpha value is -1.32. The molecule has 0 radical (unpaired) electrons. The summed E-state index contributed by atoms with van der Waals surface area (Å²) in [7, 11) is 0. The third-order valence-corrected chi connectivity index (χ3v) is 3.45. The van der Waals surface area contributed by atoms with Gasteiger partial charge in [-0.2, -0.15) is 13.2 Å². The fourth-order valence-corrected chi connectivity index (χ4v) is 2.55. The molecule has 98 valence electrons. The van der Waals surface area contributed by atoms with Crippen LogP contribution in [0.3, 0.4) is 0 Å². The Labute approximate surface area is 104 Å². The first-order valence-electron chi connectivity index (χ1n) is 6.19. The van der Waals surface area contributed by atoms with E-state index in [2.05, 4.69) is 0 Å². The topological polar surface area (TPSA) is 17.1 Å². The van der Waals surface area contributed by atoms with Crippen LogP contribution in [0.4, 0.5) is 13.2 Å². The predicted octanol–water partition coefficient (Wildman–Crippen LogP) is 4.32. The normalized spacial score (nSPS) is 21.7. The van der Waals surface area contributed by atoms with Gasteiger partial charge < -0.3 is 0 Å². The maximum absolute atomic E-state index is 12.9. The van der Waals surface area contributed by atoms with E-state index in [1.54, 1.807) is 6.07 Å². The van der Waals surface area contributed by atoms with Gasteiger partial charge in [-0.1, -0.05) is 31.0 Å². The van der Waals surface area contributed by atoms with E-state index in [9.17, 15) is 18.0 Å². The number of alkyl halides is 3. The van der Waals surface area contributed by atoms with Crippen molar-refractivity contribution in [2.75, 3.05) is 0 Å². The van der Waals surface area contributed by atoms with Crippen molar-refractivity contribution >= 4 is 5.78 Å². The molecule has 0 heterocycles. The summed E-state index contributed by atoms with van der Waals surface area (Å²) in [4.78, 5) is 11.9. The zero-order valence-corrected chi connectivity index (χ0v) is 9.96. The highest BCUT2D eigenvalue weighted by Crippen LogP contribution is 2.38. The van der Waals surface area contributed by atoms with Crippen LogP contribution in [-0.4, -0.2) is 5.78 Å². The Balaban J connectivity index is 2.40. The maximum Gasteiger partial charge on any atom is 0.416 e. The van der Waals surface area contributed by atoms with Crippen LogP contribution in [-0.2, 0) is 11.0 Å². The second-order valence-electron chi connectivity index (χ2n) is 4.70. The lowest BCUT2D eigenvalue weighted by Crippen LogP contribution is -2.17. The minimum Gasteiger partial charge on any atom is -0.299 e. The average molecular weight is 256 g/mol. The number of hydrogen-bond acceptors (Lipinski definition) is 1. The van der Waals surface area contributed by atoms with Crippen LogP contribution >= 0.6 is 0 Å². The molecule has 0 aliphatic heterocycles. The first-order valence-corrected chi connectivity index (χ1v) is 6.19. The van der Waals surface area contributed by atoms with Gasteiger partial charge in [0.25, 0.3) is 0 Å². The Morgan fingerprint density at radius 3 is 2.50 bits per heavy atom. The van der Waals surface area contributed by atoms with Crippen molar-refractivity contribution in [2.24, 2.45) is 0 Å². The van der Waals surface area contributed by atoms with Gasteiger partial charge in [0.15, 0.2) is 0 Å². The van der Waals surface area contributed by atoms with Crippen LogP contribution in [0, 0.1) is 0 Å². The second kappa shape index (κ2) is 5.12. The lowest BCUT2D eigenvalue weighted by molar-refractivity contribution is -0.138. The molecule has 0 N–H and O–H groups in total. The molecule has 0 amide bonds. The summed E-state index contributed by atoms with van der Waals surface area (Å²) in [5.41, 5.74) is -0.512. The number of benzene rings is 1.